The van der Waals surface area contributed by atoms with Crippen molar-refractivity contribution in [3.63, 3.8) is 0 Å². The summed E-state index contributed by atoms with van der Waals surface area (Å²) in [5, 5.41) is 0.460. The van der Waals surface area contributed by atoms with Gasteiger partial charge in [0.2, 0.25) is 10.0 Å². The van der Waals surface area contributed by atoms with E-state index in [0.717, 1.165) is 5.56 Å². The maximum atomic E-state index is 11.7. The third-order valence-electron chi connectivity index (χ3n) is 2.87. The number of sulfonamides is 1. The molecule has 0 radical (unpaired) electrons. The molecule has 0 bridgehead atoms. The van der Waals surface area contributed by atoms with Crippen molar-refractivity contribution in [3.05, 3.63) is 47.0 Å². The third kappa shape index (κ3) is 3.47. The van der Waals surface area contributed by atoms with Crippen LogP contribution in [-0.2, 0) is 10.0 Å². The monoisotopic (exact) mass is 326 g/mol. The molecule has 0 fully saturated rings. The predicted octanol–water partition coefficient (Wildman–Crippen LogP) is 2.93. The second-order valence-electron chi connectivity index (χ2n) is 4.44. The first kappa shape index (κ1) is 15.6. The van der Waals surface area contributed by atoms with Crippen LogP contribution in [0, 0.1) is 6.92 Å². The molecule has 0 aliphatic carbocycles. The quantitative estimate of drug-likeness (QED) is 0.846. The van der Waals surface area contributed by atoms with Crippen LogP contribution < -0.4 is 15.2 Å². The number of anilines is 1. The fourth-order valence-corrected chi connectivity index (χ4v) is 2.75. The first-order valence-electron chi connectivity index (χ1n) is 6.10. The van der Waals surface area contributed by atoms with Gasteiger partial charge in [0.15, 0.2) is 0 Å². The molecule has 2 aromatic rings. The molecule has 0 aromatic heterocycles. The van der Waals surface area contributed by atoms with Gasteiger partial charge in [-0.25, -0.2) is 13.1 Å². The van der Waals surface area contributed by atoms with Gasteiger partial charge in [-0.2, -0.15) is 0 Å². The normalized spacial score (nSPS) is 11.4. The topological polar surface area (TPSA) is 81.4 Å². The summed E-state index contributed by atoms with van der Waals surface area (Å²) in [6.07, 6.45) is 0. The Morgan fingerprint density at radius 2 is 1.81 bits per heavy atom. The summed E-state index contributed by atoms with van der Waals surface area (Å²) in [6, 6.07) is 9.61. The molecule has 0 heterocycles. The Morgan fingerprint density at radius 1 is 1.14 bits per heavy atom. The molecule has 0 spiro atoms. The summed E-state index contributed by atoms with van der Waals surface area (Å²) < 4.78 is 31.2. The number of nitrogens with two attached hydrogens (primary N) is 1. The van der Waals surface area contributed by atoms with Gasteiger partial charge >= 0.3 is 0 Å². The minimum atomic E-state index is -3.54. The second-order valence-corrected chi connectivity index (χ2v) is 6.74. The van der Waals surface area contributed by atoms with Gasteiger partial charge in [0.25, 0.3) is 0 Å². The van der Waals surface area contributed by atoms with Crippen LogP contribution in [0.15, 0.2) is 41.3 Å². The van der Waals surface area contributed by atoms with Gasteiger partial charge in [-0.1, -0.05) is 17.7 Å². The molecule has 2 rings (SSSR count). The molecule has 0 atom stereocenters. The molecule has 21 heavy (non-hydrogen) atoms. The molecule has 0 unspecified atom stereocenters. The molecule has 0 aliphatic heterocycles. The molecule has 5 nitrogen and oxygen atoms in total. The van der Waals surface area contributed by atoms with Crippen molar-refractivity contribution in [1.29, 1.82) is 0 Å². The molecule has 0 saturated heterocycles. The van der Waals surface area contributed by atoms with Crippen molar-refractivity contribution in [1.82, 2.24) is 4.72 Å². The third-order valence-corrected chi connectivity index (χ3v) is 4.57. The van der Waals surface area contributed by atoms with Crippen LogP contribution in [0.5, 0.6) is 11.5 Å². The number of hydrogen-bond donors (Lipinski definition) is 2. The summed E-state index contributed by atoms with van der Waals surface area (Å²) >= 11 is 6.09. The number of rotatable bonds is 4. The number of nitrogen functional groups attached to an aromatic ring is 1. The standard InChI is InChI=1S/C14H15ClN2O3S/c1-9-3-5-13(11(15)7-9)20-14-6-4-10(8-12(14)16)21(18,19)17-2/h3-8,17H,16H2,1-2H3. The molecule has 3 N–H and O–H groups in total. The zero-order valence-electron chi connectivity index (χ0n) is 11.6. The lowest BCUT2D eigenvalue weighted by Crippen LogP contribution is -2.18. The van der Waals surface area contributed by atoms with Gasteiger partial charge in [-0.05, 0) is 49.9 Å². The fraction of sp³-hybridized carbons (Fsp3) is 0.143. The van der Waals surface area contributed by atoms with E-state index in [0.29, 0.717) is 16.5 Å². The van der Waals surface area contributed by atoms with Crippen LogP contribution in [-0.4, -0.2) is 15.5 Å². The highest BCUT2D eigenvalue weighted by atomic mass is 35.5. The number of benzene rings is 2. The highest BCUT2D eigenvalue weighted by Gasteiger charge is 2.14. The van der Waals surface area contributed by atoms with E-state index in [-0.39, 0.29) is 10.6 Å². The maximum absolute atomic E-state index is 11.7. The Balaban J connectivity index is 2.34. The lowest BCUT2D eigenvalue weighted by molar-refractivity contribution is 0.484. The molecule has 112 valence electrons. The van der Waals surface area contributed by atoms with Crippen molar-refractivity contribution in [2.24, 2.45) is 0 Å². The van der Waals surface area contributed by atoms with Gasteiger partial charge in [-0.15, -0.1) is 0 Å². The number of hydrogen-bond acceptors (Lipinski definition) is 4. The lowest BCUT2D eigenvalue weighted by Gasteiger charge is -2.11. The SMILES string of the molecule is CNS(=O)(=O)c1ccc(Oc2ccc(C)cc2Cl)c(N)c1. The first-order valence-corrected chi connectivity index (χ1v) is 7.96. The van der Waals surface area contributed by atoms with E-state index >= 15 is 0 Å². The number of halogens is 1. The van der Waals surface area contributed by atoms with E-state index in [1.165, 1.54) is 25.2 Å². The average molecular weight is 327 g/mol. The highest BCUT2D eigenvalue weighted by Crippen LogP contribution is 2.33. The van der Waals surface area contributed by atoms with Crippen LogP contribution in [0.25, 0.3) is 0 Å². The minimum absolute atomic E-state index is 0.0739. The molecule has 0 amide bonds. The van der Waals surface area contributed by atoms with Gasteiger partial charge in [0.1, 0.15) is 11.5 Å². The summed E-state index contributed by atoms with van der Waals surface area (Å²) in [6.45, 7) is 1.92. The summed E-state index contributed by atoms with van der Waals surface area (Å²) in [4.78, 5) is 0.0739. The molecular weight excluding hydrogens is 312 g/mol. The first-order chi connectivity index (χ1) is 9.83. The van der Waals surface area contributed by atoms with E-state index < -0.39 is 10.0 Å². The van der Waals surface area contributed by atoms with Crippen LogP contribution >= 0.6 is 11.6 Å². The van der Waals surface area contributed by atoms with Crippen molar-refractivity contribution in [2.45, 2.75) is 11.8 Å². The lowest BCUT2D eigenvalue weighted by atomic mass is 10.2. The van der Waals surface area contributed by atoms with E-state index in [9.17, 15) is 8.42 Å². The molecular formula is C14H15ClN2O3S. The Kier molecular flexibility index (Phi) is 4.41. The minimum Gasteiger partial charge on any atom is -0.454 e. The van der Waals surface area contributed by atoms with Gasteiger partial charge < -0.3 is 10.5 Å². The Bertz CT molecular complexity index is 776. The fourth-order valence-electron chi connectivity index (χ4n) is 1.71. The molecule has 0 aliphatic rings. The largest absolute Gasteiger partial charge is 0.454 e. The van der Waals surface area contributed by atoms with E-state index in [2.05, 4.69) is 4.72 Å². The smallest absolute Gasteiger partial charge is 0.240 e. The van der Waals surface area contributed by atoms with E-state index in [1.807, 2.05) is 13.0 Å². The van der Waals surface area contributed by atoms with Crippen molar-refractivity contribution in [2.75, 3.05) is 12.8 Å². The Morgan fingerprint density at radius 3 is 2.38 bits per heavy atom. The zero-order chi connectivity index (χ0) is 15.6. The summed E-state index contributed by atoms with van der Waals surface area (Å²) in [5.41, 5.74) is 7.06. The molecule has 2 aromatic carbocycles. The Hall–Kier alpha value is -1.76. The summed E-state index contributed by atoms with van der Waals surface area (Å²) in [7, 11) is -2.20. The van der Waals surface area contributed by atoms with Crippen LogP contribution in [0.1, 0.15) is 5.56 Å². The van der Waals surface area contributed by atoms with E-state index in [1.54, 1.807) is 12.1 Å². The van der Waals surface area contributed by atoms with Crippen LogP contribution in [0.4, 0.5) is 5.69 Å². The number of ether oxygens (including phenoxy) is 1. The number of aryl methyl sites for hydroxylation is 1. The van der Waals surface area contributed by atoms with E-state index in [4.69, 9.17) is 22.1 Å². The zero-order valence-corrected chi connectivity index (χ0v) is 13.1. The predicted molar refractivity (Wildman–Crippen MR) is 83.4 cm³/mol. The van der Waals surface area contributed by atoms with Crippen molar-refractivity contribution >= 4 is 27.3 Å². The second kappa shape index (κ2) is 5.93. The molecule has 7 heteroatoms. The van der Waals surface area contributed by atoms with Crippen LogP contribution in [0.3, 0.4) is 0 Å². The number of nitrogens with one attached hydrogen (secondary N) is 1. The average Bonchev–Trinajstić information content (AvgIpc) is 2.43. The Labute approximate surface area is 128 Å². The van der Waals surface area contributed by atoms with Gasteiger partial charge in [0.05, 0.1) is 15.6 Å². The molecule has 0 saturated carbocycles. The van der Waals surface area contributed by atoms with Gasteiger partial charge in [0, 0.05) is 0 Å². The maximum Gasteiger partial charge on any atom is 0.240 e. The van der Waals surface area contributed by atoms with Crippen molar-refractivity contribution < 1.29 is 13.2 Å². The van der Waals surface area contributed by atoms with Crippen LogP contribution in [0.2, 0.25) is 5.02 Å². The summed E-state index contributed by atoms with van der Waals surface area (Å²) in [5.74, 6) is 0.800. The van der Waals surface area contributed by atoms with Crippen molar-refractivity contribution in [3.8, 4) is 11.5 Å². The van der Waals surface area contributed by atoms with Gasteiger partial charge in [-0.3, -0.25) is 0 Å². The highest BCUT2D eigenvalue weighted by molar-refractivity contribution is 7.89.